The summed E-state index contributed by atoms with van der Waals surface area (Å²) in [6.45, 7) is 0. The highest BCUT2D eigenvalue weighted by Gasteiger charge is 2.63. The van der Waals surface area contributed by atoms with Gasteiger partial charge in [-0.25, -0.2) is 4.90 Å². The summed E-state index contributed by atoms with van der Waals surface area (Å²) < 4.78 is 5.84. The van der Waals surface area contributed by atoms with Crippen LogP contribution in [-0.2, 0) is 27.2 Å². The molecule has 8 heteroatoms. The average molecular weight is 443 g/mol. The van der Waals surface area contributed by atoms with Crippen molar-refractivity contribution >= 4 is 51.3 Å². The van der Waals surface area contributed by atoms with Gasteiger partial charge in [-0.3, -0.25) is 14.4 Å². The molecule has 3 fully saturated rings. The molecule has 154 valence electrons. The number of nitrogens with zero attached hydrogens (tertiary/aromatic N) is 1. The first-order valence-corrected chi connectivity index (χ1v) is 11.5. The van der Waals surface area contributed by atoms with Gasteiger partial charge < -0.3 is 10.1 Å². The van der Waals surface area contributed by atoms with Crippen LogP contribution < -0.4 is 10.2 Å². The largest absolute Gasteiger partial charge is 0.373 e. The molecule has 1 aliphatic carbocycles. The molecule has 1 aromatic heterocycles. The first kappa shape index (κ1) is 18.5. The monoisotopic (exact) mass is 442 g/mol. The fraction of sp³-hybridized carbons (Fsp3) is 0.409. The lowest BCUT2D eigenvalue weighted by Gasteiger charge is -2.18. The highest BCUT2D eigenvalue weighted by atomic mass is 35.5. The second-order valence-corrected chi connectivity index (χ2v) is 9.87. The number of carbonyl (C=O) groups excluding carboxylic acids is 3. The minimum Gasteiger partial charge on any atom is -0.373 e. The number of amides is 3. The zero-order chi connectivity index (χ0) is 20.6. The van der Waals surface area contributed by atoms with E-state index in [2.05, 4.69) is 5.32 Å². The van der Waals surface area contributed by atoms with Gasteiger partial charge in [0.25, 0.3) is 5.91 Å². The Balaban J connectivity index is 1.39. The summed E-state index contributed by atoms with van der Waals surface area (Å²) in [5.41, 5.74) is 2.06. The minimum atomic E-state index is -0.402. The van der Waals surface area contributed by atoms with E-state index >= 15 is 0 Å². The second-order valence-electron chi connectivity index (χ2n) is 8.35. The molecule has 1 N–H and O–H groups in total. The van der Waals surface area contributed by atoms with Gasteiger partial charge in [0.15, 0.2) is 0 Å². The molecule has 6 nitrogen and oxygen atoms in total. The van der Waals surface area contributed by atoms with Crippen LogP contribution >= 0.6 is 22.9 Å². The number of halogens is 1. The predicted octanol–water partition coefficient (Wildman–Crippen LogP) is 3.81. The van der Waals surface area contributed by atoms with Crippen LogP contribution in [0.25, 0.3) is 0 Å². The van der Waals surface area contributed by atoms with E-state index in [-0.39, 0.29) is 29.9 Å². The molecule has 0 saturated carbocycles. The summed E-state index contributed by atoms with van der Waals surface area (Å²) in [7, 11) is 0. The number of ether oxygens (including phenoxy) is 1. The van der Waals surface area contributed by atoms with Crippen LogP contribution in [0.1, 0.15) is 40.1 Å². The number of aryl methyl sites for hydroxylation is 1. The maximum Gasteiger partial charge on any atom is 0.258 e. The van der Waals surface area contributed by atoms with E-state index in [9.17, 15) is 14.4 Å². The smallest absolute Gasteiger partial charge is 0.258 e. The van der Waals surface area contributed by atoms with Crippen molar-refractivity contribution in [3.8, 4) is 0 Å². The summed E-state index contributed by atoms with van der Waals surface area (Å²) in [6, 6.07) is 6.89. The summed E-state index contributed by atoms with van der Waals surface area (Å²) in [5, 5.41) is 3.98. The summed E-state index contributed by atoms with van der Waals surface area (Å²) in [5.74, 6) is -1.51. The average Bonchev–Trinajstić information content (AvgIpc) is 3.50. The number of hydrogen-bond donors (Lipinski definition) is 1. The van der Waals surface area contributed by atoms with Crippen LogP contribution in [0, 0.1) is 11.8 Å². The highest BCUT2D eigenvalue weighted by molar-refractivity contribution is 7.17. The number of imide groups is 1. The van der Waals surface area contributed by atoms with Crippen molar-refractivity contribution in [2.45, 2.75) is 44.3 Å². The summed E-state index contributed by atoms with van der Waals surface area (Å²) >= 11 is 7.36. The molecule has 2 bridgehead atoms. The van der Waals surface area contributed by atoms with Crippen LogP contribution in [0.15, 0.2) is 24.3 Å². The standard InChI is InChI=1S/C22H19ClN2O4S/c23-10-4-6-11(7-5-10)24-19(26)16-12-2-1-3-15(12)30-22(16)25-20(27)17-13-8-9-14(29-13)18(17)21(25)28/h4-7,13-14,17-18H,1-3,8-9H2,(H,24,26). The maximum atomic E-state index is 13.3. The maximum absolute atomic E-state index is 13.3. The zero-order valence-corrected chi connectivity index (χ0v) is 17.6. The van der Waals surface area contributed by atoms with Gasteiger partial charge in [-0.05, 0) is 61.9 Å². The number of nitrogens with one attached hydrogen (secondary N) is 1. The Hall–Kier alpha value is -2.22. The summed E-state index contributed by atoms with van der Waals surface area (Å²) in [6.07, 6.45) is 3.95. The second kappa shape index (κ2) is 6.64. The molecule has 6 rings (SSSR count). The molecule has 0 spiro atoms. The van der Waals surface area contributed by atoms with E-state index in [4.69, 9.17) is 16.3 Å². The predicted molar refractivity (Wildman–Crippen MR) is 113 cm³/mol. The molecule has 3 aliphatic heterocycles. The molecule has 1 aromatic carbocycles. The Bertz CT molecular complexity index is 1070. The van der Waals surface area contributed by atoms with Crippen molar-refractivity contribution in [3.63, 3.8) is 0 Å². The van der Waals surface area contributed by atoms with Gasteiger partial charge in [-0.15, -0.1) is 11.3 Å². The van der Waals surface area contributed by atoms with Gasteiger partial charge in [-0.1, -0.05) is 11.6 Å². The first-order chi connectivity index (χ1) is 14.5. The van der Waals surface area contributed by atoms with E-state index in [1.54, 1.807) is 24.3 Å². The van der Waals surface area contributed by atoms with Gasteiger partial charge in [0.2, 0.25) is 11.8 Å². The van der Waals surface area contributed by atoms with Gasteiger partial charge >= 0.3 is 0 Å². The van der Waals surface area contributed by atoms with Crippen molar-refractivity contribution in [1.82, 2.24) is 0 Å². The van der Waals surface area contributed by atoms with E-state index in [1.165, 1.54) is 16.2 Å². The number of thiophene rings is 1. The lowest BCUT2D eigenvalue weighted by molar-refractivity contribution is -0.124. The third-order valence-electron chi connectivity index (χ3n) is 6.72. The van der Waals surface area contributed by atoms with Crippen LogP contribution in [0.2, 0.25) is 5.02 Å². The van der Waals surface area contributed by atoms with Crippen molar-refractivity contribution in [1.29, 1.82) is 0 Å². The number of fused-ring (bicyclic) bond motifs is 6. The van der Waals surface area contributed by atoms with E-state index < -0.39 is 11.8 Å². The number of rotatable bonds is 3. The van der Waals surface area contributed by atoms with Gasteiger partial charge in [-0.2, -0.15) is 0 Å². The van der Waals surface area contributed by atoms with Crippen molar-refractivity contribution < 1.29 is 19.1 Å². The SMILES string of the molecule is O=C(Nc1ccc(Cl)cc1)c1c(N2C(=O)C3C4CCC(O4)C3C2=O)sc2c1CCC2. The van der Waals surface area contributed by atoms with E-state index in [0.717, 1.165) is 42.5 Å². The molecule has 30 heavy (non-hydrogen) atoms. The Morgan fingerprint density at radius 2 is 1.73 bits per heavy atom. The van der Waals surface area contributed by atoms with Crippen molar-refractivity contribution in [3.05, 3.63) is 45.3 Å². The van der Waals surface area contributed by atoms with Gasteiger partial charge in [0, 0.05) is 15.6 Å². The molecule has 4 unspecified atom stereocenters. The molecular formula is C22H19ClN2O4S. The summed E-state index contributed by atoms with van der Waals surface area (Å²) in [4.78, 5) is 42.2. The number of anilines is 2. The van der Waals surface area contributed by atoms with Gasteiger partial charge in [0.1, 0.15) is 5.00 Å². The fourth-order valence-electron chi connectivity index (χ4n) is 5.42. The normalized spacial score (nSPS) is 28.9. The number of benzene rings is 1. The quantitative estimate of drug-likeness (QED) is 0.733. The third-order valence-corrected chi connectivity index (χ3v) is 8.25. The molecule has 0 radical (unpaired) electrons. The lowest BCUT2D eigenvalue weighted by Crippen LogP contribution is -2.35. The van der Waals surface area contributed by atoms with Crippen LogP contribution in [0.5, 0.6) is 0 Å². The van der Waals surface area contributed by atoms with E-state index in [1.807, 2.05) is 0 Å². The van der Waals surface area contributed by atoms with Crippen LogP contribution in [0.3, 0.4) is 0 Å². The Morgan fingerprint density at radius 3 is 2.40 bits per heavy atom. The molecule has 3 amide bonds. The van der Waals surface area contributed by atoms with Crippen LogP contribution in [-0.4, -0.2) is 29.9 Å². The Kier molecular flexibility index (Phi) is 4.10. The highest BCUT2D eigenvalue weighted by Crippen LogP contribution is 2.52. The van der Waals surface area contributed by atoms with Gasteiger partial charge in [0.05, 0.1) is 29.6 Å². The molecule has 4 heterocycles. The van der Waals surface area contributed by atoms with E-state index in [0.29, 0.717) is 21.3 Å². The first-order valence-electron chi connectivity index (χ1n) is 10.3. The van der Waals surface area contributed by atoms with Crippen molar-refractivity contribution in [2.75, 3.05) is 10.2 Å². The lowest BCUT2D eigenvalue weighted by atomic mass is 9.81. The minimum absolute atomic E-state index is 0.167. The molecule has 3 saturated heterocycles. The molecular weight excluding hydrogens is 424 g/mol. The topological polar surface area (TPSA) is 75.7 Å². The number of hydrogen-bond acceptors (Lipinski definition) is 5. The fourth-order valence-corrected chi connectivity index (χ4v) is 6.94. The third kappa shape index (κ3) is 2.55. The molecule has 4 aliphatic rings. The molecule has 4 atom stereocenters. The van der Waals surface area contributed by atoms with Crippen LogP contribution in [0.4, 0.5) is 10.7 Å². The molecule has 2 aromatic rings. The Labute approximate surface area is 182 Å². The number of carbonyl (C=O) groups is 3. The van der Waals surface area contributed by atoms with Crippen molar-refractivity contribution in [2.24, 2.45) is 11.8 Å². The Morgan fingerprint density at radius 1 is 1.07 bits per heavy atom. The zero-order valence-electron chi connectivity index (χ0n) is 16.0.